The Labute approximate surface area is 154 Å². The standard InChI is InChI=1S/C21H24N2O3/c1-3-23(19-8-6-5-7-9-19)20(24)16-22-18-13-10-17(11-14-18)12-15-21(25)26-4-2/h5-15,22H,3-4,16H2,1-2H3/b15-12+. The summed E-state index contributed by atoms with van der Waals surface area (Å²) < 4.78 is 4.84. The molecule has 0 aliphatic heterocycles. The van der Waals surface area contributed by atoms with Crippen molar-refractivity contribution in [1.29, 1.82) is 0 Å². The van der Waals surface area contributed by atoms with Crippen LogP contribution in [-0.2, 0) is 14.3 Å². The van der Waals surface area contributed by atoms with Gasteiger partial charge in [-0.2, -0.15) is 0 Å². The van der Waals surface area contributed by atoms with Crippen LogP contribution in [0.1, 0.15) is 19.4 Å². The molecular weight excluding hydrogens is 328 g/mol. The van der Waals surface area contributed by atoms with Gasteiger partial charge in [0.05, 0.1) is 13.2 Å². The van der Waals surface area contributed by atoms with Crippen LogP contribution in [-0.4, -0.2) is 31.6 Å². The van der Waals surface area contributed by atoms with Crippen LogP contribution in [0.5, 0.6) is 0 Å². The number of anilines is 2. The Hall–Kier alpha value is -3.08. The molecule has 2 aromatic carbocycles. The highest BCUT2D eigenvalue weighted by atomic mass is 16.5. The van der Waals surface area contributed by atoms with Crippen LogP contribution in [0.3, 0.4) is 0 Å². The largest absolute Gasteiger partial charge is 0.463 e. The molecule has 0 aliphatic rings. The molecule has 5 heteroatoms. The summed E-state index contributed by atoms with van der Waals surface area (Å²) in [5.41, 5.74) is 2.62. The van der Waals surface area contributed by atoms with E-state index in [0.717, 1.165) is 16.9 Å². The van der Waals surface area contributed by atoms with Gasteiger partial charge in [0, 0.05) is 24.0 Å². The van der Waals surface area contributed by atoms with Gasteiger partial charge >= 0.3 is 5.97 Å². The quantitative estimate of drug-likeness (QED) is 0.581. The number of hydrogen-bond acceptors (Lipinski definition) is 4. The van der Waals surface area contributed by atoms with Crippen molar-refractivity contribution < 1.29 is 14.3 Å². The molecule has 2 aromatic rings. The number of rotatable bonds is 8. The summed E-state index contributed by atoms with van der Waals surface area (Å²) in [6, 6.07) is 17.1. The summed E-state index contributed by atoms with van der Waals surface area (Å²) in [5, 5.41) is 3.13. The van der Waals surface area contributed by atoms with Gasteiger partial charge in [0.2, 0.25) is 5.91 Å². The van der Waals surface area contributed by atoms with E-state index in [9.17, 15) is 9.59 Å². The molecule has 26 heavy (non-hydrogen) atoms. The second kappa shape index (κ2) is 10.0. The number of ether oxygens (including phenoxy) is 1. The Morgan fingerprint density at radius 2 is 1.73 bits per heavy atom. The Kier molecular flexibility index (Phi) is 7.43. The highest BCUT2D eigenvalue weighted by Gasteiger charge is 2.12. The zero-order valence-electron chi connectivity index (χ0n) is 15.1. The first-order valence-electron chi connectivity index (χ1n) is 8.68. The van der Waals surface area contributed by atoms with E-state index in [4.69, 9.17) is 4.74 Å². The molecule has 0 heterocycles. The smallest absolute Gasteiger partial charge is 0.330 e. The SMILES string of the molecule is CCOC(=O)/C=C/c1ccc(NCC(=O)N(CC)c2ccccc2)cc1. The second-order valence-corrected chi connectivity index (χ2v) is 5.53. The van der Waals surface area contributed by atoms with Crippen LogP contribution >= 0.6 is 0 Å². The molecule has 0 aliphatic carbocycles. The number of esters is 1. The molecule has 1 amide bonds. The van der Waals surface area contributed by atoms with E-state index in [0.29, 0.717) is 13.2 Å². The molecular formula is C21H24N2O3. The van der Waals surface area contributed by atoms with Crippen LogP contribution in [0.25, 0.3) is 6.08 Å². The van der Waals surface area contributed by atoms with Gasteiger partial charge < -0.3 is 15.0 Å². The minimum absolute atomic E-state index is 0.00461. The predicted molar refractivity (Wildman–Crippen MR) is 105 cm³/mol. The molecule has 0 fully saturated rings. The van der Waals surface area contributed by atoms with Crippen LogP contribution in [0, 0.1) is 0 Å². The average molecular weight is 352 g/mol. The maximum atomic E-state index is 12.5. The summed E-state index contributed by atoms with van der Waals surface area (Å²) in [6.45, 7) is 4.90. The molecule has 0 spiro atoms. The van der Waals surface area contributed by atoms with Crippen LogP contribution in [0.2, 0.25) is 0 Å². The molecule has 0 atom stereocenters. The van der Waals surface area contributed by atoms with Crippen molar-refractivity contribution in [3.8, 4) is 0 Å². The van der Waals surface area contributed by atoms with E-state index in [-0.39, 0.29) is 18.4 Å². The monoisotopic (exact) mass is 352 g/mol. The summed E-state index contributed by atoms with van der Waals surface area (Å²) in [6.07, 6.45) is 3.09. The maximum absolute atomic E-state index is 12.5. The van der Waals surface area contributed by atoms with Gasteiger partial charge in [-0.3, -0.25) is 4.79 Å². The van der Waals surface area contributed by atoms with Crippen molar-refractivity contribution in [2.45, 2.75) is 13.8 Å². The maximum Gasteiger partial charge on any atom is 0.330 e. The van der Waals surface area contributed by atoms with Gasteiger partial charge in [-0.25, -0.2) is 4.79 Å². The number of benzene rings is 2. The minimum atomic E-state index is -0.360. The molecule has 0 bridgehead atoms. The van der Waals surface area contributed by atoms with E-state index >= 15 is 0 Å². The first-order chi connectivity index (χ1) is 12.6. The third-order valence-electron chi connectivity index (χ3n) is 3.74. The average Bonchev–Trinajstić information content (AvgIpc) is 2.67. The summed E-state index contributed by atoms with van der Waals surface area (Å²) in [5.74, 6) is -0.356. The molecule has 0 saturated heterocycles. The highest BCUT2D eigenvalue weighted by Crippen LogP contribution is 2.14. The third kappa shape index (κ3) is 5.77. The molecule has 0 unspecified atom stereocenters. The van der Waals surface area contributed by atoms with Gasteiger partial charge in [0.1, 0.15) is 0 Å². The van der Waals surface area contributed by atoms with Gasteiger partial charge in [-0.15, -0.1) is 0 Å². The summed E-state index contributed by atoms with van der Waals surface area (Å²) in [4.78, 5) is 25.5. The number of para-hydroxylation sites is 1. The number of carbonyl (C=O) groups excluding carboxylic acids is 2. The van der Waals surface area contributed by atoms with Crippen molar-refractivity contribution in [2.75, 3.05) is 29.9 Å². The van der Waals surface area contributed by atoms with E-state index in [1.807, 2.05) is 61.5 Å². The number of hydrogen-bond donors (Lipinski definition) is 1. The van der Waals surface area contributed by atoms with E-state index in [1.54, 1.807) is 17.9 Å². The molecule has 2 rings (SSSR count). The van der Waals surface area contributed by atoms with Crippen molar-refractivity contribution in [3.63, 3.8) is 0 Å². The Bertz CT molecular complexity index is 740. The highest BCUT2D eigenvalue weighted by molar-refractivity contribution is 5.96. The van der Waals surface area contributed by atoms with E-state index < -0.39 is 0 Å². The van der Waals surface area contributed by atoms with Gasteiger partial charge in [-0.05, 0) is 49.8 Å². The van der Waals surface area contributed by atoms with Crippen LogP contribution < -0.4 is 10.2 Å². The van der Waals surface area contributed by atoms with Crippen molar-refractivity contribution in [3.05, 3.63) is 66.2 Å². The predicted octanol–water partition coefficient (Wildman–Crippen LogP) is 3.73. The Morgan fingerprint density at radius 3 is 2.35 bits per heavy atom. The molecule has 0 aromatic heterocycles. The zero-order chi connectivity index (χ0) is 18.8. The summed E-state index contributed by atoms with van der Waals surface area (Å²) >= 11 is 0. The third-order valence-corrected chi connectivity index (χ3v) is 3.74. The first-order valence-corrected chi connectivity index (χ1v) is 8.68. The molecule has 0 saturated carbocycles. The van der Waals surface area contributed by atoms with Crippen LogP contribution in [0.15, 0.2) is 60.7 Å². The summed E-state index contributed by atoms with van der Waals surface area (Å²) in [7, 11) is 0. The van der Waals surface area contributed by atoms with Crippen molar-refractivity contribution in [2.24, 2.45) is 0 Å². The fourth-order valence-corrected chi connectivity index (χ4v) is 2.45. The molecule has 0 radical (unpaired) electrons. The lowest BCUT2D eigenvalue weighted by molar-refractivity contribution is -0.137. The lowest BCUT2D eigenvalue weighted by atomic mass is 10.2. The zero-order valence-corrected chi connectivity index (χ0v) is 15.1. The van der Waals surface area contributed by atoms with E-state index in [2.05, 4.69) is 5.32 Å². The second-order valence-electron chi connectivity index (χ2n) is 5.53. The minimum Gasteiger partial charge on any atom is -0.463 e. The Morgan fingerprint density at radius 1 is 1.04 bits per heavy atom. The number of amides is 1. The topological polar surface area (TPSA) is 58.6 Å². The Balaban J connectivity index is 1.91. The fraction of sp³-hybridized carbons (Fsp3) is 0.238. The normalized spacial score (nSPS) is 10.5. The molecule has 1 N–H and O–H groups in total. The van der Waals surface area contributed by atoms with Crippen molar-refractivity contribution in [1.82, 2.24) is 0 Å². The molecule has 5 nitrogen and oxygen atoms in total. The van der Waals surface area contributed by atoms with Crippen LogP contribution in [0.4, 0.5) is 11.4 Å². The first kappa shape index (κ1) is 19.2. The number of likely N-dealkylation sites (N-methyl/N-ethyl adjacent to an activating group) is 1. The van der Waals surface area contributed by atoms with Gasteiger partial charge in [0.25, 0.3) is 0 Å². The fourth-order valence-electron chi connectivity index (χ4n) is 2.45. The van der Waals surface area contributed by atoms with Gasteiger partial charge in [-0.1, -0.05) is 30.3 Å². The molecule has 136 valence electrons. The van der Waals surface area contributed by atoms with Crippen molar-refractivity contribution >= 4 is 29.3 Å². The number of carbonyl (C=O) groups is 2. The van der Waals surface area contributed by atoms with Gasteiger partial charge in [0.15, 0.2) is 0 Å². The number of nitrogens with one attached hydrogen (secondary N) is 1. The lowest BCUT2D eigenvalue weighted by Gasteiger charge is -2.21. The lowest BCUT2D eigenvalue weighted by Crippen LogP contribution is -2.35. The van der Waals surface area contributed by atoms with E-state index in [1.165, 1.54) is 6.08 Å². The number of nitrogens with zero attached hydrogens (tertiary/aromatic N) is 1.